The molecule has 0 aliphatic heterocycles. The molecule has 0 aromatic rings. The second-order valence-corrected chi connectivity index (χ2v) is 4.80. The average Bonchev–Trinajstić information content (AvgIpc) is 1.84. The van der Waals surface area contributed by atoms with Gasteiger partial charge in [-0.15, -0.1) is 0 Å². The smallest absolute Gasteiger partial charge is 0.0348 e. The van der Waals surface area contributed by atoms with E-state index in [0.717, 1.165) is 10.7 Å². The summed E-state index contributed by atoms with van der Waals surface area (Å²) in [6.45, 7) is 0. The third-order valence-corrected chi connectivity index (χ3v) is 6.84. The van der Waals surface area contributed by atoms with E-state index in [9.17, 15) is 0 Å². The zero-order valence-corrected chi connectivity index (χ0v) is 11.4. The molecule has 0 heterocycles. The van der Waals surface area contributed by atoms with Gasteiger partial charge in [0.25, 0.3) is 0 Å². The highest BCUT2D eigenvalue weighted by molar-refractivity contribution is 14.1. The predicted molar refractivity (Wildman–Crippen MR) is 62.7 cm³/mol. The Bertz CT molecular complexity index is 88.2. The molecular formula is C4H4Br2I2. The van der Waals surface area contributed by atoms with Crippen molar-refractivity contribution in [2.24, 2.45) is 0 Å². The number of hydrogen-bond acceptors (Lipinski definition) is 0. The monoisotopic (exact) mass is 464 g/mol. The van der Waals surface area contributed by atoms with Crippen molar-refractivity contribution < 1.29 is 0 Å². The third kappa shape index (κ3) is 4.05. The predicted octanol–water partition coefficient (Wildman–Crippen LogP) is 3.86. The molecule has 0 nitrogen and oxygen atoms in total. The summed E-state index contributed by atoms with van der Waals surface area (Å²) < 4.78 is 2.75. The number of allylic oxidation sites excluding steroid dienone is 2. The second kappa shape index (κ2) is 5.91. The molecule has 0 aliphatic carbocycles. The van der Waals surface area contributed by atoms with Gasteiger partial charge in [-0.3, -0.25) is 0 Å². The molecule has 0 aromatic heterocycles. The van der Waals surface area contributed by atoms with Crippen molar-refractivity contribution in [2.75, 3.05) is 10.7 Å². The number of halogens is 4. The maximum Gasteiger partial charge on any atom is 0.0348 e. The zero-order valence-electron chi connectivity index (χ0n) is 3.93. The van der Waals surface area contributed by atoms with Crippen molar-refractivity contribution in [1.82, 2.24) is 0 Å². The lowest BCUT2D eigenvalue weighted by atomic mass is 10.6. The second-order valence-electron chi connectivity index (χ2n) is 1.08. The minimum Gasteiger partial charge on any atom is -0.0871 e. The molecule has 0 aliphatic rings. The van der Waals surface area contributed by atoms with Crippen LogP contribution in [-0.4, -0.2) is 10.7 Å². The number of hydrogen-bond donors (Lipinski definition) is 0. The Balaban J connectivity index is 3.83. The van der Waals surface area contributed by atoms with Crippen molar-refractivity contribution in [3.8, 4) is 0 Å². The molecule has 0 spiro atoms. The van der Waals surface area contributed by atoms with E-state index >= 15 is 0 Å². The Hall–Kier alpha value is 2.16. The Morgan fingerprint density at radius 1 is 1.00 bits per heavy atom. The molecule has 0 aromatic carbocycles. The Labute approximate surface area is 93.4 Å². The minimum absolute atomic E-state index is 0.970. The first kappa shape index (κ1) is 10.2. The summed E-state index contributed by atoms with van der Waals surface area (Å²) >= 11 is 11.4. The van der Waals surface area contributed by atoms with Crippen LogP contribution in [0.2, 0.25) is 0 Å². The quantitative estimate of drug-likeness (QED) is 0.429. The molecule has 0 bridgehead atoms. The zero-order chi connectivity index (χ0) is 6.57. The van der Waals surface area contributed by atoms with Gasteiger partial charge in [0.05, 0.1) is 0 Å². The van der Waals surface area contributed by atoms with Crippen LogP contribution in [0.4, 0.5) is 0 Å². The lowest BCUT2D eigenvalue weighted by molar-refractivity contribution is 1.67. The summed E-state index contributed by atoms with van der Waals surface area (Å²) in [6, 6.07) is 0. The molecule has 48 valence electrons. The molecule has 0 unspecified atom stereocenters. The molecular weight excluding hydrogens is 462 g/mol. The first-order valence-electron chi connectivity index (χ1n) is 1.87. The van der Waals surface area contributed by atoms with Crippen LogP contribution < -0.4 is 0 Å². The molecule has 4 heteroatoms. The van der Waals surface area contributed by atoms with Crippen molar-refractivity contribution in [3.05, 3.63) is 7.16 Å². The molecule has 0 saturated heterocycles. The van der Waals surface area contributed by atoms with Crippen molar-refractivity contribution in [1.29, 1.82) is 0 Å². The van der Waals surface area contributed by atoms with Gasteiger partial charge in [-0.25, -0.2) is 0 Å². The molecule has 8 heavy (non-hydrogen) atoms. The number of rotatable bonds is 2. The molecule has 0 atom stereocenters. The Morgan fingerprint density at radius 2 is 1.25 bits per heavy atom. The summed E-state index contributed by atoms with van der Waals surface area (Å²) in [5.74, 6) is 0. The van der Waals surface area contributed by atoms with E-state index < -0.39 is 0 Å². The third-order valence-electron chi connectivity index (χ3n) is 0.529. The van der Waals surface area contributed by atoms with Gasteiger partial charge in [0.15, 0.2) is 0 Å². The highest BCUT2D eigenvalue weighted by atomic mass is 127. The largest absolute Gasteiger partial charge is 0.0871 e. The van der Waals surface area contributed by atoms with Crippen LogP contribution in [0.3, 0.4) is 0 Å². The summed E-state index contributed by atoms with van der Waals surface area (Å²) in [5.41, 5.74) is 0. The SMILES string of the molecule is BrCC(I)=C(I)CBr. The van der Waals surface area contributed by atoms with Crippen molar-refractivity contribution in [2.45, 2.75) is 0 Å². The Morgan fingerprint density at radius 3 is 1.38 bits per heavy atom. The average molecular weight is 466 g/mol. The van der Waals surface area contributed by atoms with E-state index in [2.05, 4.69) is 77.0 Å². The molecule has 0 amide bonds. The van der Waals surface area contributed by atoms with Crippen LogP contribution in [0.1, 0.15) is 0 Å². The van der Waals surface area contributed by atoms with Gasteiger partial charge in [-0.05, 0) is 45.2 Å². The van der Waals surface area contributed by atoms with Gasteiger partial charge < -0.3 is 0 Å². The van der Waals surface area contributed by atoms with Gasteiger partial charge in [0.1, 0.15) is 0 Å². The van der Waals surface area contributed by atoms with E-state index in [1.165, 1.54) is 7.16 Å². The van der Waals surface area contributed by atoms with Gasteiger partial charge in [-0.1, -0.05) is 31.9 Å². The van der Waals surface area contributed by atoms with E-state index in [1.807, 2.05) is 0 Å². The van der Waals surface area contributed by atoms with Crippen LogP contribution in [0.5, 0.6) is 0 Å². The van der Waals surface area contributed by atoms with E-state index in [-0.39, 0.29) is 0 Å². The maximum atomic E-state index is 3.37. The van der Waals surface area contributed by atoms with E-state index in [1.54, 1.807) is 0 Å². The molecule has 0 N–H and O–H groups in total. The van der Waals surface area contributed by atoms with Crippen LogP contribution in [0, 0.1) is 0 Å². The summed E-state index contributed by atoms with van der Waals surface area (Å²) in [6.07, 6.45) is 0. The lowest BCUT2D eigenvalue weighted by Crippen LogP contribution is -1.77. The first-order valence-corrected chi connectivity index (χ1v) is 6.27. The van der Waals surface area contributed by atoms with Crippen LogP contribution >= 0.6 is 77.0 Å². The van der Waals surface area contributed by atoms with Crippen LogP contribution in [0.15, 0.2) is 7.16 Å². The molecule has 0 saturated carbocycles. The van der Waals surface area contributed by atoms with Crippen molar-refractivity contribution in [3.63, 3.8) is 0 Å². The maximum absolute atomic E-state index is 3.37. The Kier molecular flexibility index (Phi) is 7.50. The fourth-order valence-electron chi connectivity index (χ4n) is 0.145. The number of alkyl halides is 2. The summed E-state index contributed by atoms with van der Waals surface area (Å²) in [5, 5.41) is 1.94. The van der Waals surface area contributed by atoms with Gasteiger partial charge in [0, 0.05) is 17.8 Å². The van der Waals surface area contributed by atoms with Gasteiger partial charge in [-0.2, -0.15) is 0 Å². The highest BCUT2D eigenvalue weighted by Gasteiger charge is 1.94. The molecule has 0 radical (unpaired) electrons. The minimum atomic E-state index is 0.970. The summed E-state index contributed by atoms with van der Waals surface area (Å²) in [4.78, 5) is 0. The van der Waals surface area contributed by atoms with Crippen molar-refractivity contribution >= 4 is 77.0 Å². The van der Waals surface area contributed by atoms with Crippen LogP contribution in [0.25, 0.3) is 0 Å². The fraction of sp³-hybridized carbons (Fsp3) is 0.500. The normalized spacial score (nSPS) is 13.5. The molecule has 0 fully saturated rings. The van der Waals surface area contributed by atoms with Gasteiger partial charge >= 0.3 is 0 Å². The topological polar surface area (TPSA) is 0 Å². The fourth-order valence-corrected chi connectivity index (χ4v) is 2.25. The van der Waals surface area contributed by atoms with E-state index in [0.29, 0.717) is 0 Å². The summed E-state index contributed by atoms with van der Waals surface area (Å²) in [7, 11) is 0. The first-order chi connectivity index (χ1) is 3.72. The van der Waals surface area contributed by atoms with Crippen LogP contribution in [-0.2, 0) is 0 Å². The molecule has 0 rings (SSSR count). The highest BCUT2D eigenvalue weighted by Crippen LogP contribution is 2.22. The van der Waals surface area contributed by atoms with Gasteiger partial charge in [0.2, 0.25) is 0 Å². The van der Waals surface area contributed by atoms with E-state index in [4.69, 9.17) is 0 Å². The lowest BCUT2D eigenvalue weighted by Gasteiger charge is -1.93. The standard InChI is InChI=1S/C4H4Br2I2/c5-1-3(7)4(8)2-6/h1-2H2.